The number of piperazine rings is 1. The van der Waals surface area contributed by atoms with Crippen LogP contribution in [0.4, 0.5) is 5.69 Å². The second-order valence-corrected chi connectivity index (χ2v) is 7.27. The number of carboxylic acids is 1. The van der Waals surface area contributed by atoms with Crippen molar-refractivity contribution < 1.29 is 24.2 Å². The maximum Gasteiger partial charge on any atom is 0.330 e. The van der Waals surface area contributed by atoms with Crippen molar-refractivity contribution in [2.75, 3.05) is 38.2 Å². The molecule has 2 fully saturated rings. The lowest BCUT2D eigenvalue weighted by Gasteiger charge is -2.39. The van der Waals surface area contributed by atoms with Crippen molar-refractivity contribution >= 4 is 23.5 Å². The second kappa shape index (κ2) is 8.91. The summed E-state index contributed by atoms with van der Waals surface area (Å²) in [5.41, 5.74) is 1.87. The fourth-order valence-corrected chi connectivity index (χ4v) is 4.04. The summed E-state index contributed by atoms with van der Waals surface area (Å²) < 4.78 is 4.62. The Hall–Kier alpha value is -2.83. The molecule has 1 heterocycles. The standard InChI is InChI=1S/C21H26N2O5/c1-28-19(24)14-15-7-8-17(18(13-15)21(26)27)20(25)23-11-9-22(10-12-23)16-5-3-2-4-6-16/h2-6,14,17-18H,7-13H2,1H3,(H,26,27)/t17-,18-/m0/s1. The zero-order chi connectivity index (χ0) is 20.1. The third-order valence-electron chi connectivity index (χ3n) is 5.61. The van der Waals surface area contributed by atoms with Crippen molar-refractivity contribution in [3.05, 3.63) is 42.0 Å². The van der Waals surface area contributed by atoms with E-state index >= 15 is 0 Å². The van der Waals surface area contributed by atoms with Crippen LogP contribution >= 0.6 is 0 Å². The summed E-state index contributed by atoms with van der Waals surface area (Å²) in [6.07, 6.45) is 2.55. The molecular formula is C21H26N2O5. The lowest BCUT2D eigenvalue weighted by atomic mass is 9.76. The normalized spacial score (nSPS) is 24.1. The van der Waals surface area contributed by atoms with E-state index in [1.165, 1.54) is 13.2 Å². The predicted octanol–water partition coefficient (Wildman–Crippen LogP) is 1.94. The predicted molar refractivity (Wildman–Crippen MR) is 104 cm³/mol. The number of amides is 1. The summed E-state index contributed by atoms with van der Waals surface area (Å²) in [7, 11) is 1.29. The molecule has 150 valence electrons. The van der Waals surface area contributed by atoms with Crippen molar-refractivity contribution in [1.29, 1.82) is 0 Å². The van der Waals surface area contributed by atoms with Crippen molar-refractivity contribution in [1.82, 2.24) is 4.90 Å². The number of hydrogen-bond acceptors (Lipinski definition) is 5. The number of esters is 1. The molecule has 7 heteroatoms. The molecule has 1 N–H and O–H groups in total. The van der Waals surface area contributed by atoms with Gasteiger partial charge >= 0.3 is 11.9 Å². The summed E-state index contributed by atoms with van der Waals surface area (Å²) in [6.45, 7) is 2.63. The first-order valence-corrected chi connectivity index (χ1v) is 9.58. The molecule has 0 unspecified atom stereocenters. The van der Waals surface area contributed by atoms with Gasteiger partial charge in [0.15, 0.2) is 0 Å². The lowest BCUT2D eigenvalue weighted by Crippen LogP contribution is -2.52. The third kappa shape index (κ3) is 4.52. The van der Waals surface area contributed by atoms with Gasteiger partial charge < -0.3 is 19.6 Å². The third-order valence-corrected chi connectivity index (χ3v) is 5.61. The minimum atomic E-state index is -0.989. The molecule has 1 aromatic carbocycles. The van der Waals surface area contributed by atoms with Gasteiger partial charge in [0.25, 0.3) is 0 Å². The SMILES string of the molecule is COC(=O)C=C1CC[C@H](C(=O)N2CCN(c3ccccc3)CC2)[C@@H](C(=O)O)C1. The van der Waals surface area contributed by atoms with Gasteiger partial charge in [0.1, 0.15) is 0 Å². The smallest absolute Gasteiger partial charge is 0.330 e. The topological polar surface area (TPSA) is 87.2 Å². The molecule has 0 bridgehead atoms. The van der Waals surface area contributed by atoms with Gasteiger partial charge in [-0.25, -0.2) is 4.79 Å². The summed E-state index contributed by atoms with van der Waals surface area (Å²) in [5, 5.41) is 9.63. The summed E-state index contributed by atoms with van der Waals surface area (Å²) in [6, 6.07) is 10.1. The number of rotatable bonds is 4. The van der Waals surface area contributed by atoms with Crippen molar-refractivity contribution in [3.63, 3.8) is 0 Å². The summed E-state index contributed by atoms with van der Waals surface area (Å²) in [4.78, 5) is 40.3. The van der Waals surface area contributed by atoms with Crippen LogP contribution in [0.3, 0.4) is 0 Å². The highest BCUT2D eigenvalue weighted by atomic mass is 16.5. The first kappa shape index (κ1) is 19.9. The number of benzene rings is 1. The molecule has 1 amide bonds. The Morgan fingerprint density at radius 3 is 2.36 bits per heavy atom. The zero-order valence-corrected chi connectivity index (χ0v) is 16.0. The molecule has 3 rings (SSSR count). The Labute approximate surface area is 164 Å². The molecular weight excluding hydrogens is 360 g/mol. The summed E-state index contributed by atoms with van der Waals surface area (Å²) in [5.74, 6) is -2.91. The zero-order valence-electron chi connectivity index (χ0n) is 16.0. The number of anilines is 1. The maximum atomic E-state index is 13.0. The second-order valence-electron chi connectivity index (χ2n) is 7.27. The van der Waals surface area contributed by atoms with Crippen LogP contribution < -0.4 is 4.90 Å². The van der Waals surface area contributed by atoms with Crippen molar-refractivity contribution in [2.24, 2.45) is 11.8 Å². The highest BCUT2D eigenvalue weighted by Gasteiger charge is 2.40. The first-order valence-electron chi connectivity index (χ1n) is 9.58. The van der Waals surface area contributed by atoms with Gasteiger partial charge in [-0.3, -0.25) is 9.59 Å². The first-order chi connectivity index (χ1) is 13.5. The molecule has 2 atom stereocenters. The van der Waals surface area contributed by atoms with Gasteiger partial charge in [-0.15, -0.1) is 0 Å². The lowest BCUT2D eigenvalue weighted by molar-refractivity contribution is -0.151. The Morgan fingerprint density at radius 1 is 1.07 bits per heavy atom. The minimum Gasteiger partial charge on any atom is -0.481 e. The van der Waals surface area contributed by atoms with Crippen LogP contribution in [0.2, 0.25) is 0 Å². The molecule has 0 radical (unpaired) electrons. The highest BCUT2D eigenvalue weighted by Crippen LogP contribution is 2.35. The molecule has 1 saturated carbocycles. The minimum absolute atomic E-state index is 0.0859. The van der Waals surface area contributed by atoms with Crippen LogP contribution in [-0.2, 0) is 19.1 Å². The van der Waals surface area contributed by atoms with Crippen LogP contribution in [-0.4, -0.2) is 61.1 Å². The molecule has 1 aromatic rings. The number of nitrogens with zero attached hydrogens (tertiary/aromatic N) is 2. The number of carboxylic acid groups (broad SMARTS) is 1. The highest BCUT2D eigenvalue weighted by molar-refractivity contribution is 5.86. The Kier molecular flexibility index (Phi) is 6.34. The monoisotopic (exact) mass is 386 g/mol. The fraction of sp³-hybridized carbons (Fsp3) is 0.476. The molecule has 0 spiro atoms. The molecule has 1 aliphatic heterocycles. The number of hydrogen-bond donors (Lipinski definition) is 1. The Balaban J connectivity index is 1.63. The number of carbonyl (C=O) groups excluding carboxylic acids is 2. The molecule has 2 aliphatic rings. The largest absolute Gasteiger partial charge is 0.481 e. The van der Waals surface area contributed by atoms with E-state index in [4.69, 9.17) is 0 Å². The van der Waals surface area contributed by atoms with Gasteiger partial charge in [0.2, 0.25) is 5.91 Å². The maximum absolute atomic E-state index is 13.0. The number of allylic oxidation sites excluding steroid dienone is 1. The fourth-order valence-electron chi connectivity index (χ4n) is 4.04. The van der Waals surface area contributed by atoms with Crippen molar-refractivity contribution in [2.45, 2.75) is 19.3 Å². The Bertz CT molecular complexity index is 753. The quantitative estimate of drug-likeness (QED) is 0.629. The van der Waals surface area contributed by atoms with E-state index in [9.17, 15) is 19.5 Å². The van der Waals surface area contributed by atoms with E-state index in [0.29, 0.717) is 25.9 Å². The van der Waals surface area contributed by atoms with Crippen molar-refractivity contribution in [3.8, 4) is 0 Å². The van der Waals surface area contributed by atoms with E-state index in [0.717, 1.165) is 24.4 Å². The van der Waals surface area contributed by atoms with Gasteiger partial charge in [0, 0.05) is 37.9 Å². The van der Waals surface area contributed by atoms with Crippen LogP contribution in [0.1, 0.15) is 19.3 Å². The van der Waals surface area contributed by atoms with Gasteiger partial charge in [-0.1, -0.05) is 23.8 Å². The van der Waals surface area contributed by atoms with E-state index in [1.54, 1.807) is 4.90 Å². The van der Waals surface area contributed by atoms with Crippen LogP contribution in [0.15, 0.2) is 42.0 Å². The van der Waals surface area contributed by atoms with E-state index in [1.807, 2.05) is 30.3 Å². The molecule has 0 aromatic heterocycles. The Morgan fingerprint density at radius 2 is 1.75 bits per heavy atom. The molecule has 28 heavy (non-hydrogen) atoms. The average molecular weight is 386 g/mol. The number of carbonyl (C=O) groups is 3. The van der Waals surface area contributed by atoms with E-state index in [-0.39, 0.29) is 12.3 Å². The molecule has 1 aliphatic carbocycles. The van der Waals surface area contributed by atoms with Crippen LogP contribution in [0.25, 0.3) is 0 Å². The molecule has 7 nitrogen and oxygen atoms in total. The van der Waals surface area contributed by atoms with Gasteiger partial charge in [0.05, 0.1) is 18.9 Å². The van der Waals surface area contributed by atoms with Crippen LogP contribution in [0.5, 0.6) is 0 Å². The number of para-hydroxylation sites is 1. The van der Waals surface area contributed by atoms with E-state index in [2.05, 4.69) is 9.64 Å². The van der Waals surface area contributed by atoms with Gasteiger partial charge in [-0.05, 0) is 31.4 Å². The average Bonchev–Trinajstić information content (AvgIpc) is 2.73. The number of methoxy groups -OCH3 is 1. The summed E-state index contributed by atoms with van der Waals surface area (Å²) >= 11 is 0. The van der Waals surface area contributed by atoms with E-state index < -0.39 is 23.8 Å². The van der Waals surface area contributed by atoms with Crippen LogP contribution in [0, 0.1) is 11.8 Å². The number of ether oxygens (including phenoxy) is 1. The van der Waals surface area contributed by atoms with Gasteiger partial charge in [-0.2, -0.15) is 0 Å². The number of aliphatic carboxylic acids is 1. The molecule has 1 saturated heterocycles.